The molecule has 0 atom stereocenters. The normalized spacial score (nSPS) is 19.9. The molecule has 0 amide bonds. The minimum absolute atomic E-state index is 0.101. The summed E-state index contributed by atoms with van der Waals surface area (Å²) < 4.78 is 33.8. The highest BCUT2D eigenvalue weighted by atomic mass is 19.2. The largest absolute Gasteiger partial charge is 0.462 e. The lowest BCUT2D eigenvalue weighted by atomic mass is 9.77. The van der Waals surface area contributed by atoms with Crippen molar-refractivity contribution >= 4 is 0 Å². The van der Waals surface area contributed by atoms with E-state index in [2.05, 4.69) is 19.1 Å². The van der Waals surface area contributed by atoms with Gasteiger partial charge in [0.1, 0.15) is 0 Å². The predicted molar refractivity (Wildman–Crippen MR) is 111 cm³/mol. The van der Waals surface area contributed by atoms with Crippen molar-refractivity contribution in [3.8, 4) is 16.9 Å². The molecule has 0 saturated heterocycles. The van der Waals surface area contributed by atoms with Gasteiger partial charge in [0.05, 0.1) is 6.26 Å². The molecule has 1 nitrogen and oxygen atoms in total. The zero-order chi connectivity index (χ0) is 19.9. The first-order chi connectivity index (χ1) is 13.6. The van der Waals surface area contributed by atoms with Gasteiger partial charge in [0.25, 0.3) is 0 Å². The molecule has 1 fully saturated rings. The van der Waals surface area contributed by atoms with Gasteiger partial charge in [-0.15, -0.1) is 0 Å². The summed E-state index contributed by atoms with van der Waals surface area (Å²) in [5.74, 6) is -0.451. The molecule has 28 heavy (non-hydrogen) atoms. The van der Waals surface area contributed by atoms with E-state index in [0.717, 1.165) is 5.92 Å². The van der Waals surface area contributed by atoms with Crippen molar-refractivity contribution in [2.24, 2.45) is 5.92 Å². The lowest BCUT2D eigenvalue weighted by molar-refractivity contribution is 0.304. The molecule has 0 radical (unpaired) electrons. The summed E-state index contributed by atoms with van der Waals surface area (Å²) in [7, 11) is 0. The quantitative estimate of drug-likeness (QED) is 0.439. The van der Waals surface area contributed by atoms with Crippen molar-refractivity contribution in [3.63, 3.8) is 0 Å². The molecule has 0 bridgehead atoms. The second-order valence-electron chi connectivity index (χ2n) is 7.81. The minimum Gasteiger partial charge on any atom is -0.462 e. The number of halogens is 2. The van der Waals surface area contributed by atoms with Gasteiger partial charge in [0.2, 0.25) is 5.82 Å². The average molecular weight is 385 g/mol. The van der Waals surface area contributed by atoms with Crippen molar-refractivity contribution in [1.82, 2.24) is 0 Å². The Hall–Kier alpha value is -2.16. The SMILES string of the molecule is C/C=C/Oc1ccc(-c2ccc(C3CCC(CCCC)CC3)cc2)c(F)c1F. The maximum atomic E-state index is 14.5. The molecule has 3 rings (SSSR count). The van der Waals surface area contributed by atoms with Crippen LogP contribution < -0.4 is 4.74 Å². The molecule has 150 valence electrons. The van der Waals surface area contributed by atoms with E-state index >= 15 is 0 Å². The molecule has 0 N–H and O–H groups in total. The van der Waals surface area contributed by atoms with E-state index in [0.29, 0.717) is 11.5 Å². The molecule has 0 aliphatic heterocycles. The Bertz CT molecular complexity index is 787. The molecular formula is C25H30F2O. The van der Waals surface area contributed by atoms with Gasteiger partial charge in [-0.3, -0.25) is 0 Å². The van der Waals surface area contributed by atoms with Gasteiger partial charge in [-0.1, -0.05) is 56.5 Å². The Labute approximate surface area is 167 Å². The standard InChI is InChI=1S/C25H30F2O/c1-3-5-6-18-7-9-19(10-8-18)20-11-13-21(14-12-20)22-15-16-23(28-17-4-2)25(27)24(22)26/h4,11-19H,3,5-10H2,1-2H3/b17-4+. The highest BCUT2D eigenvalue weighted by Gasteiger charge is 2.22. The van der Waals surface area contributed by atoms with Crippen LogP contribution >= 0.6 is 0 Å². The van der Waals surface area contributed by atoms with E-state index < -0.39 is 11.6 Å². The average Bonchev–Trinajstić information content (AvgIpc) is 2.74. The Kier molecular flexibility index (Phi) is 7.24. The fraction of sp³-hybridized carbons (Fsp3) is 0.440. The third kappa shape index (κ3) is 4.81. The van der Waals surface area contributed by atoms with E-state index in [9.17, 15) is 8.78 Å². The Balaban J connectivity index is 1.69. The summed E-state index contributed by atoms with van der Waals surface area (Å²) in [5.41, 5.74) is 2.26. The molecular weight excluding hydrogens is 354 g/mol. The molecule has 1 aliphatic carbocycles. The maximum absolute atomic E-state index is 14.5. The number of rotatable bonds is 7. The highest BCUT2D eigenvalue weighted by Crippen LogP contribution is 2.38. The Morgan fingerprint density at radius 3 is 2.32 bits per heavy atom. The van der Waals surface area contributed by atoms with E-state index in [-0.39, 0.29) is 11.3 Å². The second-order valence-corrected chi connectivity index (χ2v) is 7.81. The maximum Gasteiger partial charge on any atom is 0.201 e. The number of benzene rings is 2. The summed E-state index contributed by atoms with van der Waals surface area (Å²) in [6.45, 7) is 4.01. The van der Waals surface area contributed by atoms with Gasteiger partial charge in [0.15, 0.2) is 11.6 Å². The van der Waals surface area contributed by atoms with Crippen molar-refractivity contribution in [1.29, 1.82) is 0 Å². The van der Waals surface area contributed by atoms with Crippen LogP contribution in [0.3, 0.4) is 0 Å². The van der Waals surface area contributed by atoms with Crippen LogP contribution in [0.1, 0.15) is 70.3 Å². The molecule has 0 spiro atoms. The van der Waals surface area contributed by atoms with Gasteiger partial charge in [-0.25, -0.2) is 4.39 Å². The van der Waals surface area contributed by atoms with Gasteiger partial charge in [-0.05, 0) is 67.7 Å². The topological polar surface area (TPSA) is 9.23 Å². The first-order valence-corrected chi connectivity index (χ1v) is 10.5. The fourth-order valence-corrected chi connectivity index (χ4v) is 4.20. The van der Waals surface area contributed by atoms with Crippen molar-refractivity contribution < 1.29 is 13.5 Å². The zero-order valence-electron chi connectivity index (χ0n) is 16.9. The van der Waals surface area contributed by atoms with Gasteiger partial charge in [0, 0.05) is 5.56 Å². The first-order valence-electron chi connectivity index (χ1n) is 10.5. The van der Waals surface area contributed by atoms with Crippen LogP contribution in [-0.2, 0) is 0 Å². The smallest absolute Gasteiger partial charge is 0.201 e. The number of allylic oxidation sites excluding steroid dienone is 1. The van der Waals surface area contributed by atoms with Crippen molar-refractivity contribution in [3.05, 3.63) is 65.9 Å². The number of hydrogen-bond donors (Lipinski definition) is 0. The summed E-state index contributed by atoms with van der Waals surface area (Å²) >= 11 is 0. The van der Waals surface area contributed by atoms with Crippen LogP contribution in [0.4, 0.5) is 8.78 Å². The summed E-state index contributed by atoms with van der Waals surface area (Å²) in [4.78, 5) is 0. The first kappa shape index (κ1) is 20.6. The second kappa shape index (κ2) is 9.86. The van der Waals surface area contributed by atoms with Crippen LogP contribution in [0.25, 0.3) is 11.1 Å². The third-order valence-corrected chi connectivity index (χ3v) is 5.88. The van der Waals surface area contributed by atoms with E-state index in [4.69, 9.17) is 4.74 Å². The van der Waals surface area contributed by atoms with E-state index in [1.54, 1.807) is 19.1 Å². The molecule has 1 saturated carbocycles. The summed E-state index contributed by atoms with van der Waals surface area (Å²) in [5, 5.41) is 0. The molecule has 0 unspecified atom stereocenters. The molecule has 0 heterocycles. The monoisotopic (exact) mass is 384 g/mol. The molecule has 2 aromatic carbocycles. The van der Waals surface area contributed by atoms with Crippen molar-refractivity contribution in [2.75, 3.05) is 0 Å². The van der Waals surface area contributed by atoms with E-state index in [1.807, 2.05) is 12.1 Å². The number of hydrogen-bond acceptors (Lipinski definition) is 1. The van der Waals surface area contributed by atoms with Gasteiger partial charge in [-0.2, -0.15) is 4.39 Å². The Morgan fingerprint density at radius 2 is 1.68 bits per heavy atom. The molecule has 1 aliphatic rings. The van der Waals surface area contributed by atoms with Gasteiger partial charge < -0.3 is 4.74 Å². The fourth-order valence-electron chi connectivity index (χ4n) is 4.20. The molecule has 3 heteroatoms. The molecule has 2 aromatic rings. The van der Waals surface area contributed by atoms with Crippen LogP contribution in [0.2, 0.25) is 0 Å². The van der Waals surface area contributed by atoms with Crippen LogP contribution in [0, 0.1) is 17.6 Å². The number of ether oxygens (including phenoxy) is 1. The summed E-state index contributed by atoms with van der Waals surface area (Å²) in [6.07, 6.45) is 12.0. The third-order valence-electron chi connectivity index (χ3n) is 5.88. The van der Waals surface area contributed by atoms with Crippen molar-refractivity contribution in [2.45, 2.75) is 64.7 Å². The zero-order valence-corrected chi connectivity index (χ0v) is 16.9. The lowest BCUT2D eigenvalue weighted by Gasteiger charge is -2.29. The highest BCUT2D eigenvalue weighted by molar-refractivity contribution is 5.65. The Morgan fingerprint density at radius 1 is 0.964 bits per heavy atom. The molecule has 0 aromatic heterocycles. The predicted octanol–water partition coefficient (Wildman–Crippen LogP) is 8.01. The lowest BCUT2D eigenvalue weighted by Crippen LogP contribution is -2.13. The van der Waals surface area contributed by atoms with Crippen LogP contribution in [-0.4, -0.2) is 0 Å². The minimum atomic E-state index is -0.954. The van der Waals surface area contributed by atoms with E-state index in [1.165, 1.54) is 62.8 Å². The summed E-state index contributed by atoms with van der Waals surface area (Å²) in [6, 6.07) is 11.0. The number of unbranched alkanes of at least 4 members (excludes halogenated alkanes) is 1. The van der Waals surface area contributed by atoms with Gasteiger partial charge >= 0.3 is 0 Å². The van der Waals surface area contributed by atoms with Crippen LogP contribution in [0.5, 0.6) is 5.75 Å². The van der Waals surface area contributed by atoms with Crippen LogP contribution in [0.15, 0.2) is 48.7 Å².